The molecule has 5 rings (SSSR count). The van der Waals surface area contributed by atoms with Crippen LogP contribution in [0.2, 0.25) is 0 Å². The number of rotatable bonds is 4. The summed E-state index contributed by atoms with van der Waals surface area (Å²) in [7, 11) is 0. The van der Waals surface area contributed by atoms with E-state index >= 15 is 0 Å². The van der Waals surface area contributed by atoms with E-state index in [1.165, 1.54) is 6.07 Å². The molecule has 0 spiro atoms. The van der Waals surface area contributed by atoms with Gasteiger partial charge in [0.2, 0.25) is 5.89 Å². The number of halogens is 3. The van der Waals surface area contributed by atoms with Crippen molar-refractivity contribution in [2.75, 3.05) is 6.54 Å². The van der Waals surface area contributed by atoms with E-state index in [-0.39, 0.29) is 11.2 Å². The fourth-order valence-electron chi connectivity index (χ4n) is 4.56. The molecule has 2 aromatic heterocycles. The molecule has 158 valence electrons. The third kappa shape index (κ3) is 3.51. The van der Waals surface area contributed by atoms with Crippen LogP contribution < -0.4 is 5.56 Å². The SMILES string of the molecule is O=c1c2ccccc2nc(C2CCCN2Cc2nc3c(o2)CCC3)n1CC(F)(F)F. The van der Waals surface area contributed by atoms with Crippen LogP contribution in [-0.2, 0) is 25.9 Å². The van der Waals surface area contributed by atoms with Crippen molar-refractivity contribution in [3.8, 4) is 0 Å². The molecule has 3 heterocycles. The largest absolute Gasteiger partial charge is 0.444 e. The molecule has 0 saturated carbocycles. The zero-order valence-corrected chi connectivity index (χ0v) is 16.3. The summed E-state index contributed by atoms with van der Waals surface area (Å²) in [5.41, 5.74) is 0.742. The lowest BCUT2D eigenvalue weighted by molar-refractivity contribution is -0.142. The van der Waals surface area contributed by atoms with E-state index in [4.69, 9.17) is 4.42 Å². The zero-order valence-electron chi connectivity index (χ0n) is 16.3. The summed E-state index contributed by atoms with van der Waals surface area (Å²) in [6.07, 6.45) is -0.264. The van der Waals surface area contributed by atoms with Crippen molar-refractivity contribution in [2.24, 2.45) is 0 Å². The maximum Gasteiger partial charge on any atom is 0.406 e. The Morgan fingerprint density at radius 3 is 2.77 bits per heavy atom. The Morgan fingerprint density at radius 1 is 1.13 bits per heavy atom. The van der Waals surface area contributed by atoms with E-state index < -0.39 is 24.3 Å². The molecule has 30 heavy (non-hydrogen) atoms. The number of oxazole rings is 1. The fraction of sp³-hybridized carbons (Fsp3) is 0.476. The van der Waals surface area contributed by atoms with Crippen molar-refractivity contribution in [3.05, 3.63) is 57.8 Å². The van der Waals surface area contributed by atoms with Crippen molar-refractivity contribution in [2.45, 2.75) is 57.4 Å². The lowest BCUT2D eigenvalue weighted by Gasteiger charge is -2.26. The van der Waals surface area contributed by atoms with Gasteiger partial charge in [0.1, 0.15) is 18.1 Å². The van der Waals surface area contributed by atoms with Gasteiger partial charge in [0, 0.05) is 6.42 Å². The molecule has 1 aliphatic carbocycles. The molecule has 3 aromatic rings. The second-order valence-corrected chi connectivity index (χ2v) is 7.95. The first-order valence-electron chi connectivity index (χ1n) is 10.2. The van der Waals surface area contributed by atoms with Crippen LogP contribution in [0.3, 0.4) is 0 Å². The van der Waals surface area contributed by atoms with Gasteiger partial charge in [0.05, 0.1) is 29.2 Å². The number of nitrogens with zero attached hydrogens (tertiary/aromatic N) is 4. The third-order valence-corrected chi connectivity index (χ3v) is 5.87. The molecule has 0 radical (unpaired) electrons. The molecule has 1 aromatic carbocycles. The zero-order chi connectivity index (χ0) is 20.9. The minimum atomic E-state index is -4.52. The van der Waals surface area contributed by atoms with Crippen LogP contribution in [-0.4, -0.2) is 32.2 Å². The van der Waals surface area contributed by atoms with E-state index in [0.29, 0.717) is 30.9 Å². The second-order valence-electron chi connectivity index (χ2n) is 7.95. The van der Waals surface area contributed by atoms with Gasteiger partial charge in [-0.25, -0.2) is 9.97 Å². The number of para-hydroxylation sites is 1. The first kappa shape index (κ1) is 19.3. The fourth-order valence-corrected chi connectivity index (χ4v) is 4.56. The van der Waals surface area contributed by atoms with Crippen molar-refractivity contribution in [1.82, 2.24) is 19.4 Å². The predicted octanol–water partition coefficient (Wildman–Crippen LogP) is 3.77. The molecule has 0 amide bonds. The number of fused-ring (bicyclic) bond motifs is 2. The average Bonchev–Trinajstić information content (AvgIpc) is 3.40. The molecule has 1 atom stereocenters. The topological polar surface area (TPSA) is 64.2 Å². The highest BCUT2D eigenvalue weighted by Crippen LogP contribution is 2.34. The quantitative estimate of drug-likeness (QED) is 0.645. The Hall–Kier alpha value is -2.68. The summed E-state index contributed by atoms with van der Waals surface area (Å²) in [4.78, 5) is 24.0. The van der Waals surface area contributed by atoms with Gasteiger partial charge in [-0.1, -0.05) is 12.1 Å². The number of hydrogen-bond acceptors (Lipinski definition) is 5. The van der Waals surface area contributed by atoms with Gasteiger partial charge < -0.3 is 4.42 Å². The maximum atomic E-state index is 13.3. The molecule has 9 heteroatoms. The highest BCUT2D eigenvalue weighted by Gasteiger charge is 2.36. The van der Waals surface area contributed by atoms with E-state index in [9.17, 15) is 18.0 Å². The molecule has 1 fully saturated rings. The van der Waals surface area contributed by atoms with Gasteiger partial charge in [0.15, 0.2) is 0 Å². The first-order valence-corrected chi connectivity index (χ1v) is 10.2. The van der Waals surface area contributed by atoms with E-state index in [0.717, 1.165) is 41.7 Å². The number of benzene rings is 1. The smallest absolute Gasteiger partial charge is 0.406 e. The summed E-state index contributed by atoms with van der Waals surface area (Å²) < 4.78 is 46.5. The second kappa shape index (κ2) is 7.23. The Bertz CT molecular complexity index is 1130. The highest BCUT2D eigenvalue weighted by molar-refractivity contribution is 5.77. The monoisotopic (exact) mass is 418 g/mol. The average molecular weight is 418 g/mol. The van der Waals surface area contributed by atoms with Gasteiger partial charge in [-0.3, -0.25) is 14.3 Å². The lowest BCUT2D eigenvalue weighted by atomic mass is 10.1. The molecular weight excluding hydrogens is 397 g/mol. The number of aromatic nitrogens is 3. The summed E-state index contributed by atoms with van der Waals surface area (Å²) >= 11 is 0. The Balaban J connectivity index is 1.54. The minimum Gasteiger partial charge on any atom is -0.444 e. The molecule has 1 unspecified atom stereocenters. The molecule has 0 N–H and O–H groups in total. The van der Waals surface area contributed by atoms with Crippen LogP contribution in [0.1, 0.15) is 48.5 Å². The van der Waals surface area contributed by atoms with E-state index in [1.54, 1.807) is 18.2 Å². The van der Waals surface area contributed by atoms with Crippen molar-refractivity contribution in [3.63, 3.8) is 0 Å². The molecule has 6 nitrogen and oxygen atoms in total. The van der Waals surface area contributed by atoms with Crippen molar-refractivity contribution < 1.29 is 17.6 Å². The Morgan fingerprint density at radius 2 is 1.97 bits per heavy atom. The molecule has 1 saturated heterocycles. The van der Waals surface area contributed by atoms with Crippen molar-refractivity contribution >= 4 is 10.9 Å². The number of alkyl halides is 3. The van der Waals surface area contributed by atoms with Crippen molar-refractivity contribution in [1.29, 1.82) is 0 Å². The van der Waals surface area contributed by atoms with Crippen LogP contribution in [0.25, 0.3) is 10.9 Å². The normalized spacial score (nSPS) is 19.6. The third-order valence-electron chi connectivity index (χ3n) is 5.87. The summed E-state index contributed by atoms with van der Waals surface area (Å²) in [6, 6.07) is 6.14. The maximum absolute atomic E-state index is 13.3. The summed E-state index contributed by atoms with van der Waals surface area (Å²) in [5, 5.41) is 0.194. The van der Waals surface area contributed by atoms with Gasteiger partial charge in [0.25, 0.3) is 5.56 Å². The van der Waals surface area contributed by atoms with Crippen LogP contribution in [0.4, 0.5) is 13.2 Å². The number of aryl methyl sites for hydroxylation is 2. The molecule has 0 bridgehead atoms. The van der Waals surface area contributed by atoms with Gasteiger partial charge in [-0.2, -0.15) is 13.2 Å². The summed E-state index contributed by atoms with van der Waals surface area (Å²) in [5.74, 6) is 1.66. The van der Waals surface area contributed by atoms with Crippen LogP contribution in [0.5, 0.6) is 0 Å². The van der Waals surface area contributed by atoms with Gasteiger partial charge in [-0.15, -0.1) is 0 Å². The van der Waals surface area contributed by atoms with Crippen LogP contribution >= 0.6 is 0 Å². The summed E-state index contributed by atoms with van der Waals surface area (Å²) in [6.45, 7) is -0.268. The molecule has 1 aliphatic heterocycles. The number of likely N-dealkylation sites (tertiary alicyclic amines) is 1. The van der Waals surface area contributed by atoms with Gasteiger partial charge >= 0.3 is 6.18 Å². The van der Waals surface area contributed by atoms with E-state index in [1.807, 2.05) is 4.90 Å². The molecule has 2 aliphatic rings. The van der Waals surface area contributed by atoms with Crippen LogP contribution in [0.15, 0.2) is 33.5 Å². The predicted molar refractivity (Wildman–Crippen MR) is 103 cm³/mol. The standard InChI is InChI=1S/C21H21F3N4O2/c22-21(23,24)12-28-19(26-14-6-2-1-5-13(14)20(28)29)16-8-4-10-27(16)11-18-25-15-7-3-9-17(15)30-18/h1-2,5-6,16H,3-4,7-12H2. The van der Waals surface area contributed by atoms with Gasteiger partial charge in [-0.05, 0) is 44.4 Å². The first-order chi connectivity index (χ1) is 14.4. The number of hydrogen-bond donors (Lipinski definition) is 0. The highest BCUT2D eigenvalue weighted by atomic mass is 19.4. The minimum absolute atomic E-state index is 0.160. The van der Waals surface area contributed by atoms with E-state index in [2.05, 4.69) is 9.97 Å². The Labute approximate surface area is 170 Å². The Kier molecular flexibility index (Phi) is 4.65. The lowest BCUT2D eigenvalue weighted by Crippen LogP contribution is -2.35. The molecular formula is C21H21F3N4O2. The van der Waals surface area contributed by atoms with Crippen LogP contribution in [0, 0.1) is 0 Å².